The summed E-state index contributed by atoms with van der Waals surface area (Å²) in [4.78, 5) is 32.6. The van der Waals surface area contributed by atoms with Gasteiger partial charge < -0.3 is 30.6 Å². The van der Waals surface area contributed by atoms with Crippen molar-refractivity contribution in [3.8, 4) is 11.1 Å². The molecule has 0 atom stereocenters. The molecule has 2 saturated heterocycles. The van der Waals surface area contributed by atoms with Gasteiger partial charge in [0.1, 0.15) is 4.99 Å². The van der Waals surface area contributed by atoms with Crippen LogP contribution in [0.4, 0.5) is 0 Å². The van der Waals surface area contributed by atoms with E-state index in [9.17, 15) is 9.59 Å². The third kappa shape index (κ3) is 7.05. The Kier molecular flexibility index (Phi) is 9.64. The molecule has 1 saturated carbocycles. The zero-order chi connectivity index (χ0) is 33.3. The first kappa shape index (κ1) is 32.9. The van der Waals surface area contributed by atoms with Crippen LogP contribution in [-0.2, 0) is 16.1 Å². The minimum absolute atomic E-state index is 0.0833. The van der Waals surface area contributed by atoms with Crippen LogP contribution in [-0.4, -0.2) is 70.6 Å². The Hall–Kier alpha value is -3.64. The number of thiazole rings is 1. The van der Waals surface area contributed by atoms with E-state index in [2.05, 4.69) is 61.6 Å². The van der Waals surface area contributed by atoms with Crippen LogP contribution in [0.25, 0.3) is 22.0 Å². The highest BCUT2D eigenvalue weighted by Gasteiger charge is 2.48. The largest absolute Gasteiger partial charge is 0.389 e. The van der Waals surface area contributed by atoms with E-state index in [4.69, 9.17) is 22.7 Å². The number of likely N-dealkylation sites (tertiary alicyclic amines) is 1. The number of carbonyl (C=O) groups excluding carboxylic acids is 2. The van der Waals surface area contributed by atoms with Gasteiger partial charge >= 0.3 is 0 Å². The van der Waals surface area contributed by atoms with Gasteiger partial charge in [-0.25, -0.2) is 4.98 Å². The van der Waals surface area contributed by atoms with E-state index < -0.39 is 0 Å². The number of nitrogens with one attached hydrogen (secondary N) is 2. The van der Waals surface area contributed by atoms with Gasteiger partial charge in [0, 0.05) is 84.1 Å². The molecule has 1 spiro atoms. The van der Waals surface area contributed by atoms with Gasteiger partial charge in [-0.15, -0.1) is 11.3 Å². The first-order valence-electron chi connectivity index (χ1n) is 17.1. The number of hydrogen-bond donors (Lipinski definition) is 3. The molecule has 2 aromatic carbocycles. The lowest BCUT2D eigenvalue weighted by molar-refractivity contribution is -0.135. The molecule has 0 radical (unpaired) electrons. The number of benzene rings is 2. The molecule has 11 heteroatoms. The molecule has 0 bridgehead atoms. The minimum atomic E-state index is -0.0912. The molecule has 2 aromatic heterocycles. The Bertz CT molecular complexity index is 1810. The molecule has 1 aliphatic carbocycles. The number of nitrogens with two attached hydrogens (primary N) is 1. The number of amides is 2. The van der Waals surface area contributed by atoms with Crippen LogP contribution in [0, 0.1) is 18.3 Å². The first-order chi connectivity index (χ1) is 23.3. The SMILES string of the molecule is Cc1csc(C(=O)NCCN2CCC3(CC2)CC(C(=O)NCc2ccc4c(-c5cccc(C(N)=S)c5)cn(C5CCOCC5)c4c2)C3)n1. The van der Waals surface area contributed by atoms with Crippen LogP contribution in [0.15, 0.2) is 54.0 Å². The van der Waals surface area contributed by atoms with Gasteiger partial charge in [0.05, 0.1) is 0 Å². The van der Waals surface area contributed by atoms with E-state index in [1.807, 2.05) is 24.4 Å². The van der Waals surface area contributed by atoms with E-state index in [0.717, 1.165) is 99.3 Å². The fourth-order valence-corrected chi connectivity index (χ4v) is 8.61. The number of rotatable bonds is 10. The molecular weight excluding hydrogens is 641 g/mol. The number of thiocarbonyl (C=S) groups is 1. The normalized spacial score (nSPS) is 18.5. The Balaban J connectivity index is 0.936. The van der Waals surface area contributed by atoms with Crippen molar-refractivity contribution >= 4 is 51.3 Å². The topological polar surface area (TPSA) is 115 Å². The summed E-state index contributed by atoms with van der Waals surface area (Å²) < 4.78 is 8.08. The van der Waals surface area contributed by atoms with Gasteiger partial charge in [0.25, 0.3) is 5.91 Å². The molecule has 3 fully saturated rings. The van der Waals surface area contributed by atoms with Gasteiger partial charge in [0.15, 0.2) is 5.01 Å². The summed E-state index contributed by atoms with van der Waals surface area (Å²) in [6.45, 7) is 7.43. The lowest BCUT2D eigenvalue weighted by Gasteiger charge is -2.51. The third-order valence-corrected chi connectivity index (χ3v) is 11.8. The maximum atomic E-state index is 13.3. The fourth-order valence-electron chi connectivity index (χ4n) is 7.77. The van der Waals surface area contributed by atoms with Crippen molar-refractivity contribution in [1.82, 2.24) is 25.1 Å². The molecule has 48 heavy (non-hydrogen) atoms. The molecule has 252 valence electrons. The van der Waals surface area contributed by atoms with Crippen LogP contribution in [0.3, 0.4) is 0 Å². The van der Waals surface area contributed by atoms with Crippen molar-refractivity contribution in [3.63, 3.8) is 0 Å². The molecule has 3 aliphatic rings. The van der Waals surface area contributed by atoms with Crippen molar-refractivity contribution in [3.05, 3.63) is 75.9 Å². The quantitative estimate of drug-likeness (QED) is 0.187. The van der Waals surface area contributed by atoms with Crippen LogP contribution < -0.4 is 16.4 Å². The first-order valence-corrected chi connectivity index (χ1v) is 18.4. The van der Waals surface area contributed by atoms with Crippen molar-refractivity contribution in [2.45, 2.75) is 58.0 Å². The molecule has 2 aliphatic heterocycles. The van der Waals surface area contributed by atoms with Crippen LogP contribution in [0.5, 0.6) is 0 Å². The minimum Gasteiger partial charge on any atom is -0.389 e. The summed E-state index contributed by atoms with van der Waals surface area (Å²) in [6, 6.07) is 15.1. The second-order valence-electron chi connectivity index (χ2n) is 13.8. The van der Waals surface area contributed by atoms with E-state index in [-0.39, 0.29) is 23.1 Å². The fraction of sp³-hybridized carbons (Fsp3) is 0.459. The molecular formula is C37H44N6O3S2. The van der Waals surface area contributed by atoms with Crippen molar-refractivity contribution in [2.24, 2.45) is 17.1 Å². The van der Waals surface area contributed by atoms with Gasteiger partial charge in [-0.3, -0.25) is 9.59 Å². The smallest absolute Gasteiger partial charge is 0.280 e. The Morgan fingerprint density at radius 3 is 2.62 bits per heavy atom. The molecule has 4 aromatic rings. The number of carbonyl (C=O) groups is 2. The van der Waals surface area contributed by atoms with Gasteiger partial charge in [-0.2, -0.15) is 0 Å². The maximum Gasteiger partial charge on any atom is 0.280 e. The lowest BCUT2D eigenvalue weighted by Crippen LogP contribution is -2.51. The summed E-state index contributed by atoms with van der Waals surface area (Å²) in [5.41, 5.74) is 12.5. The standard InChI is InChI=1S/C37H44N6O3S2/c1-24-23-48-36(41-24)35(45)39-11-14-42-12-9-37(10-13-42)19-28(20-37)34(44)40-21-25-5-6-30-31(26-3-2-4-27(18-26)33(38)47)22-43(32(30)17-25)29-7-15-46-16-8-29/h2-6,17-18,22-23,28-29H,7-16,19-21H2,1H3,(H2,38,47)(H,39,45)(H,40,44). The molecule has 9 nitrogen and oxygen atoms in total. The van der Waals surface area contributed by atoms with Crippen molar-refractivity contribution in [1.29, 1.82) is 0 Å². The van der Waals surface area contributed by atoms with Crippen LogP contribution in [0.2, 0.25) is 0 Å². The average Bonchev–Trinajstić information content (AvgIpc) is 3.70. The Morgan fingerprint density at radius 2 is 1.90 bits per heavy atom. The number of aromatic nitrogens is 2. The van der Waals surface area contributed by atoms with Gasteiger partial charge in [0.2, 0.25) is 5.91 Å². The molecule has 4 N–H and O–H groups in total. The average molecular weight is 685 g/mol. The summed E-state index contributed by atoms with van der Waals surface area (Å²) in [6.07, 6.45) is 8.36. The second-order valence-corrected chi connectivity index (χ2v) is 15.1. The molecule has 2 amide bonds. The lowest BCUT2D eigenvalue weighted by atomic mass is 9.57. The number of hydrogen-bond acceptors (Lipinski definition) is 7. The highest BCUT2D eigenvalue weighted by molar-refractivity contribution is 7.80. The third-order valence-electron chi connectivity index (χ3n) is 10.6. The molecule has 4 heterocycles. The number of aryl methyl sites for hydroxylation is 1. The number of nitrogens with zero attached hydrogens (tertiary/aromatic N) is 3. The van der Waals surface area contributed by atoms with E-state index in [0.29, 0.717) is 29.1 Å². The monoisotopic (exact) mass is 684 g/mol. The Morgan fingerprint density at radius 1 is 1.10 bits per heavy atom. The Labute approximate surface area is 291 Å². The highest BCUT2D eigenvalue weighted by atomic mass is 32.1. The zero-order valence-electron chi connectivity index (χ0n) is 27.5. The molecule has 0 unspecified atom stereocenters. The number of ether oxygens (including phenoxy) is 1. The van der Waals surface area contributed by atoms with Crippen molar-refractivity contribution < 1.29 is 14.3 Å². The van der Waals surface area contributed by atoms with Crippen LogP contribution in [0.1, 0.15) is 71.2 Å². The zero-order valence-corrected chi connectivity index (χ0v) is 29.1. The summed E-state index contributed by atoms with van der Waals surface area (Å²) in [5, 5.41) is 9.86. The number of fused-ring (bicyclic) bond motifs is 1. The van der Waals surface area contributed by atoms with Gasteiger partial charge in [-0.1, -0.05) is 42.5 Å². The second kappa shape index (κ2) is 14.1. The highest BCUT2D eigenvalue weighted by Crippen LogP contribution is 2.52. The maximum absolute atomic E-state index is 13.3. The molecule has 7 rings (SSSR count). The number of piperidine rings is 1. The van der Waals surface area contributed by atoms with Crippen LogP contribution >= 0.6 is 23.6 Å². The van der Waals surface area contributed by atoms with E-state index in [1.165, 1.54) is 22.2 Å². The summed E-state index contributed by atoms with van der Waals surface area (Å²) in [7, 11) is 0. The van der Waals surface area contributed by atoms with Gasteiger partial charge in [-0.05, 0) is 87.2 Å². The predicted molar refractivity (Wildman–Crippen MR) is 194 cm³/mol. The summed E-state index contributed by atoms with van der Waals surface area (Å²) >= 11 is 6.64. The predicted octanol–water partition coefficient (Wildman–Crippen LogP) is 5.60. The summed E-state index contributed by atoms with van der Waals surface area (Å²) in [5.74, 6) is 0.157. The van der Waals surface area contributed by atoms with Crippen molar-refractivity contribution in [2.75, 3.05) is 39.4 Å². The van der Waals surface area contributed by atoms with E-state index >= 15 is 0 Å². The van der Waals surface area contributed by atoms with E-state index in [1.54, 1.807) is 0 Å².